The average molecular weight is 404 g/mol. The third-order valence-electron chi connectivity index (χ3n) is 3.99. The molecule has 1 aromatic heterocycles. The number of benzene rings is 1. The first-order valence-corrected chi connectivity index (χ1v) is 9.04. The highest BCUT2D eigenvalue weighted by Gasteiger charge is 2.23. The number of nitrogens with zero attached hydrogens (tertiary/aromatic N) is 2. The highest BCUT2D eigenvalue weighted by molar-refractivity contribution is 5.88. The summed E-state index contributed by atoms with van der Waals surface area (Å²) in [5.74, 6) is -1.37. The summed E-state index contributed by atoms with van der Waals surface area (Å²) in [6.07, 6.45) is 2.12. The van der Waals surface area contributed by atoms with Crippen molar-refractivity contribution in [1.29, 1.82) is 0 Å². The Hall–Kier alpha value is -3.00. The van der Waals surface area contributed by atoms with Crippen LogP contribution in [0.5, 0.6) is 0 Å². The Morgan fingerprint density at radius 2 is 1.93 bits per heavy atom. The number of nitrogens with two attached hydrogens (primary N) is 1. The highest BCUT2D eigenvalue weighted by atomic mass is 19.1. The molecular formula is C21H26F2N4O2. The number of halogens is 2. The van der Waals surface area contributed by atoms with Crippen molar-refractivity contribution in [3.05, 3.63) is 52.7 Å². The average Bonchev–Trinajstić information content (AvgIpc) is 2.89. The van der Waals surface area contributed by atoms with Gasteiger partial charge in [-0.05, 0) is 70.2 Å². The smallest absolute Gasteiger partial charge is 0.435 e. The molecule has 0 atom stereocenters. The van der Waals surface area contributed by atoms with E-state index in [2.05, 4.69) is 17.0 Å². The number of ether oxygens (including phenoxy) is 1. The zero-order chi connectivity index (χ0) is 21.9. The van der Waals surface area contributed by atoms with Crippen LogP contribution in [-0.2, 0) is 11.3 Å². The van der Waals surface area contributed by atoms with Gasteiger partial charge in [0.1, 0.15) is 17.2 Å². The third kappa shape index (κ3) is 5.08. The summed E-state index contributed by atoms with van der Waals surface area (Å²) in [7, 11) is 1.69. The van der Waals surface area contributed by atoms with Gasteiger partial charge in [0, 0.05) is 17.7 Å². The van der Waals surface area contributed by atoms with E-state index in [9.17, 15) is 13.6 Å². The molecular weight excluding hydrogens is 378 g/mol. The number of hydrogen-bond donors (Lipinski definition) is 2. The van der Waals surface area contributed by atoms with E-state index in [4.69, 9.17) is 10.5 Å². The van der Waals surface area contributed by atoms with Crippen LogP contribution < -0.4 is 11.1 Å². The van der Waals surface area contributed by atoms with Crippen LogP contribution in [0.4, 0.5) is 19.4 Å². The Balaban J connectivity index is 2.52. The van der Waals surface area contributed by atoms with Gasteiger partial charge >= 0.3 is 6.09 Å². The third-order valence-corrected chi connectivity index (χ3v) is 3.99. The SMILES string of the molecule is C=Cc1c(/C=C(\C)c2c(F)cc(CNC)cc2F)c(N)nn1C(=O)OC(C)(C)C. The van der Waals surface area contributed by atoms with Crippen LogP contribution in [0, 0.1) is 11.6 Å². The first-order valence-electron chi connectivity index (χ1n) is 9.04. The maximum Gasteiger partial charge on any atom is 0.435 e. The Kier molecular flexibility index (Phi) is 6.58. The van der Waals surface area contributed by atoms with Crippen LogP contribution in [0.1, 0.15) is 50.1 Å². The molecule has 0 bridgehead atoms. The number of carbonyl (C=O) groups excluding carboxylic acids is 1. The van der Waals surface area contributed by atoms with Crippen molar-refractivity contribution in [2.75, 3.05) is 12.8 Å². The van der Waals surface area contributed by atoms with Crippen LogP contribution in [0.2, 0.25) is 0 Å². The molecule has 6 nitrogen and oxygen atoms in total. The van der Waals surface area contributed by atoms with Crippen LogP contribution in [0.3, 0.4) is 0 Å². The van der Waals surface area contributed by atoms with Crippen molar-refractivity contribution in [2.24, 2.45) is 0 Å². The molecule has 0 unspecified atom stereocenters. The molecule has 0 fully saturated rings. The molecule has 0 aliphatic carbocycles. The summed E-state index contributed by atoms with van der Waals surface area (Å²) < 4.78 is 35.4. The van der Waals surface area contributed by atoms with Crippen molar-refractivity contribution < 1.29 is 18.3 Å². The van der Waals surface area contributed by atoms with Crippen LogP contribution in [0.25, 0.3) is 17.7 Å². The maximum absolute atomic E-state index is 14.5. The minimum Gasteiger partial charge on any atom is -0.442 e. The predicted molar refractivity (Wildman–Crippen MR) is 111 cm³/mol. The Bertz CT molecular complexity index is 949. The molecule has 0 radical (unpaired) electrons. The fraction of sp³-hybridized carbons (Fsp3) is 0.333. The molecule has 2 rings (SSSR count). The molecule has 8 heteroatoms. The van der Waals surface area contributed by atoms with E-state index in [0.29, 0.717) is 17.7 Å². The highest BCUT2D eigenvalue weighted by Crippen LogP contribution is 2.29. The van der Waals surface area contributed by atoms with Gasteiger partial charge < -0.3 is 15.8 Å². The molecule has 2 aromatic rings. The number of nitrogen functional groups attached to an aromatic ring is 1. The van der Waals surface area contributed by atoms with E-state index in [-0.39, 0.29) is 22.6 Å². The van der Waals surface area contributed by atoms with Crippen molar-refractivity contribution in [2.45, 2.75) is 39.8 Å². The van der Waals surface area contributed by atoms with E-state index in [1.54, 1.807) is 34.7 Å². The van der Waals surface area contributed by atoms with Gasteiger partial charge in [-0.2, -0.15) is 4.68 Å². The van der Waals surface area contributed by atoms with E-state index in [1.165, 1.54) is 24.3 Å². The summed E-state index contributed by atoms with van der Waals surface area (Å²) in [6, 6.07) is 2.54. The van der Waals surface area contributed by atoms with Gasteiger partial charge in [-0.1, -0.05) is 6.58 Å². The summed E-state index contributed by atoms with van der Waals surface area (Å²) >= 11 is 0. The first kappa shape index (κ1) is 22.3. The standard InChI is InChI=1S/C21H26F2N4O2/c1-7-17-14(19(24)26-27(17)20(28)29-21(3,4)5)8-12(2)18-15(22)9-13(11-25-6)10-16(18)23/h7-10,25H,1,11H2,2-6H3,(H2,24,26)/b12-8+. The summed E-state index contributed by atoms with van der Waals surface area (Å²) in [5, 5.41) is 6.85. The number of aromatic nitrogens is 2. The molecule has 1 aromatic carbocycles. The van der Waals surface area contributed by atoms with E-state index >= 15 is 0 Å². The normalized spacial score (nSPS) is 12.2. The quantitative estimate of drug-likeness (QED) is 0.769. The Labute approximate surface area is 169 Å². The largest absolute Gasteiger partial charge is 0.442 e. The minimum absolute atomic E-state index is 0.0118. The molecule has 1 heterocycles. The number of hydrogen-bond acceptors (Lipinski definition) is 5. The topological polar surface area (TPSA) is 82.2 Å². The van der Waals surface area contributed by atoms with Gasteiger partial charge in [-0.3, -0.25) is 0 Å². The molecule has 29 heavy (non-hydrogen) atoms. The second-order valence-corrected chi connectivity index (χ2v) is 7.57. The lowest BCUT2D eigenvalue weighted by atomic mass is 10.0. The van der Waals surface area contributed by atoms with Gasteiger partial charge in [0.2, 0.25) is 0 Å². The van der Waals surface area contributed by atoms with Crippen molar-refractivity contribution in [3.63, 3.8) is 0 Å². The zero-order valence-electron chi connectivity index (χ0n) is 17.3. The maximum atomic E-state index is 14.5. The molecule has 156 valence electrons. The lowest BCUT2D eigenvalue weighted by molar-refractivity contribution is 0.0514. The van der Waals surface area contributed by atoms with Gasteiger partial charge in [0.25, 0.3) is 0 Å². The summed E-state index contributed by atoms with van der Waals surface area (Å²) in [5.41, 5.74) is 6.41. The first-order chi connectivity index (χ1) is 13.5. The number of anilines is 1. The predicted octanol–water partition coefficient (Wildman–Crippen LogP) is 4.45. The van der Waals surface area contributed by atoms with Crippen LogP contribution in [0.15, 0.2) is 18.7 Å². The molecule has 0 spiro atoms. The van der Waals surface area contributed by atoms with Crippen molar-refractivity contribution >= 4 is 29.6 Å². The molecule has 0 amide bonds. The summed E-state index contributed by atoms with van der Waals surface area (Å²) in [6.45, 7) is 10.7. The molecule has 0 saturated heterocycles. The Morgan fingerprint density at radius 3 is 2.41 bits per heavy atom. The second kappa shape index (κ2) is 8.57. The molecule has 0 aliphatic heterocycles. The van der Waals surface area contributed by atoms with E-state index < -0.39 is 23.3 Å². The lowest BCUT2D eigenvalue weighted by Gasteiger charge is -2.19. The lowest BCUT2D eigenvalue weighted by Crippen LogP contribution is -2.28. The van der Waals surface area contributed by atoms with Crippen molar-refractivity contribution in [1.82, 2.24) is 15.1 Å². The van der Waals surface area contributed by atoms with Crippen molar-refractivity contribution in [3.8, 4) is 0 Å². The van der Waals surface area contributed by atoms with E-state index in [1.807, 2.05) is 0 Å². The van der Waals surface area contributed by atoms with Gasteiger partial charge in [0.15, 0.2) is 5.82 Å². The number of carbonyl (C=O) groups is 1. The van der Waals surface area contributed by atoms with Gasteiger partial charge in [-0.15, -0.1) is 5.10 Å². The molecule has 3 N–H and O–H groups in total. The number of rotatable bonds is 5. The van der Waals surface area contributed by atoms with Gasteiger partial charge in [-0.25, -0.2) is 13.6 Å². The molecule has 0 aliphatic rings. The fourth-order valence-corrected chi connectivity index (χ4v) is 2.85. The zero-order valence-corrected chi connectivity index (χ0v) is 17.3. The Morgan fingerprint density at radius 1 is 1.34 bits per heavy atom. The van der Waals surface area contributed by atoms with Gasteiger partial charge in [0.05, 0.1) is 5.69 Å². The second-order valence-electron chi connectivity index (χ2n) is 7.57. The monoisotopic (exact) mass is 404 g/mol. The van der Waals surface area contributed by atoms with Crippen LogP contribution in [-0.4, -0.2) is 28.5 Å². The summed E-state index contributed by atoms with van der Waals surface area (Å²) in [4.78, 5) is 12.4. The fourth-order valence-electron chi connectivity index (χ4n) is 2.85. The van der Waals surface area contributed by atoms with E-state index in [0.717, 1.165) is 4.68 Å². The minimum atomic E-state index is -0.733. The number of nitrogens with one attached hydrogen (secondary N) is 1. The molecule has 0 saturated carbocycles. The number of allylic oxidation sites excluding steroid dienone is 1. The van der Waals surface area contributed by atoms with Crippen LogP contribution >= 0.6 is 0 Å².